The van der Waals surface area contributed by atoms with Crippen molar-refractivity contribution >= 4 is 28.5 Å². The molecule has 1 aliphatic heterocycles. The Kier molecular flexibility index (Phi) is 6.72. The van der Waals surface area contributed by atoms with E-state index in [9.17, 15) is 14.0 Å². The van der Waals surface area contributed by atoms with Crippen LogP contribution >= 0.6 is 0 Å². The maximum absolute atomic E-state index is 14.1. The monoisotopic (exact) mass is 579 g/mol. The molecular formula is C32H30FN7O3. The first-order chi connectivity index (χ1) is 20.9. The van der Waals surface area contributed by atoms with Crippen LogP contribution in [0.25, 0.3) is 22.3 Å². The molecule has 1 atom stereocenters. The van der Waals surface area contributed by atoms with E-state index in [1.54, 1.807) is 41.3 Å². The van der Waals surface area contributed by atoms with E-state index in [1.807, 2.05) is 36.1 Å². The predicted molar refractivity (Wildman–Crippen MR) is 157 cm³/mol. The Bertz CT molecular complexity index is 1810. The number of fused-ring (bicyclic) bond motifs is 1. The number of carbonyl (C=O) groups is 2. The standard InChI is InChI=1S/C32H30FN7O3/c1-20-36-38-40(37-20)29(21-5-3-2-4-6-21)22-10-15-39(16-11-22)30(41)26-18-23(9-14-34-26)28-19-24-17-25(7-8-27(24)43-28)35-31(42)32(33)12-13-32/h2-9,14,17-19,22,29H,10-13,15-16H2,1H3,(H,35,42). The number of carbonyl (C=O) groups excluding carboxylic acids is 2. The number of halogens is 1. The highest BCUT2D eigenvalue weighted by atomic mass is 19.1. The molecule has 1 saturated carbocycles. The fourth-order valence-corrected chi connectivity index (χ4v) is 5.79. The molecule has 0 bridgehead atoms. The molecule has 2 amide bonds. The van der Waals surface area contributed by atoms with E-state index in [0.29, 0.717) is 47.2 Å². The number of tetrazole rings is 1. The predicted octanol–water partition coefficient (Wildman–Crippen LogP) is 5.37. The molecule has 10 nitrogen and oxygen atoms in total. The first-order valence-electron chi connectivity index (χ1n) is 14.5. The highest BCUT2D eigenvalue weighted by Gasteiger charge is 2.50. The van der Waals surface area contributed by atoms with E-state index in [4.69, 9.17) is 4.42 Å². The Hall–Kier alpha value is -4.93. The molecule has 7 rings (SSSR count). The van der Waals surface area contributed by atoms with Crippen LogP contribution in [0.4, 0.5) is 10.1 Å². The fourth-order valence-electron chi connectivity index (χ4n) is 5.79. The highest BCUT2D eigenvalue weighted by Crippen LogP contribution is 2.41. The number of aryl methyl sites for hydroxylation is 1. The van der Waals surface area contributed by atoms with Crippen LogP contribution in [0.2, 0.25) is 0 Å². The zero-order valence-corrected chi connectivity index (χ0v) is 23.6. The number of amides is 2. The second-order valence-corrected chi connectivity index (χ2v) is 11.4. The van der Waals surface area contributed by atoms with Crippen molar-refractivity contribution < 1.29 is 18.4 Å². The van der Waals surface area contributed by atoms with Crippen molar-refractivity contribution in [2.75, 3.05) is 18.4 Å². The van der Waals surface area contributed by atoms with Crippen LogP contribution in [-0.4, -0.2) is 60.7 Å². The highest BCUT2D eigenvalue weighted by molar-refractivity contribution is 6.00. The van der Waals surface area contributed by atoms with Gasteiger partial charge in [-0.2, -0.15) is 4.80 Å². The summed E-state index contributed by atoms with van der Waals surface area (Å²) in [7, 11) is 0. The number of likely N-dealkylation sites (tertiary alicyclic amines) is 1. The van der Waals surface area contributed by atoms with Crippen LogP contribution in [0.5, 0.6) is 0 Å². The molecule has 1 N–H and O–H groups in total. The van der Waals surface area contributed by atoms with E-state index in [2.05, 4.69) is 37.8 Å². The second kappa shape index (κ2) is 10.7. The lowest BCUT2D eigenvalue weighted by atomic mass is 9.85. The van der Waals surface area contributed by atoms with Gasteiger partial charge in [0.05, 0.1) is 0 Å². The fraction of sp³-hybridized carbons (Fsp3) is 0.312. The third-order valence-corrected chi connectivity index (χ3v) is 8.33. The van der Waals surface area contributed by atoms with Gasteiger partial charge >= 0.3 is 0 Å². The number of rotatable bonds is 7. The lowest BCUT2D eigenvalue weighted by molar-refractivity contribution is -0.122. The summed E-state index contributed by atoms with van der Waals surface area (Å²) in [4.78, 5) is 33.6. The zero-order chi connectivity index (χ0) is 29.6. The van der Waals surface area contributed by atoms with E-state index in [1.165, 1.54) is 0 Å². The molecule has 2 fully saturated rings. The first-order valence-corrected chi connectivity index (χ1v) is 14.5. The Morgan fingerprint density at radius 1 is 1.05 bits per heavy atom. The van der Waals surface area contributed by atoms with Crippen LogP contribution in [0, 0.1) is 12.8 Å². The van der Waals surface area contributed by atoms with Crippen molar-refractivity contribution in [1.82, 2.24) is 30.1 Å². The molecule has 1 unspecified atom stereocenters. The first kappa shape index (κ1) is 26.9. The molecule has 218 valence electrons. The van der Waals surface area contributed by atoms with Gasteiger partial charge in [0, 0.05) is 35.9 Å². The molecule has 43 heavy (non-hydrogen) atoms. The lowest BCUT2D eigenvalue weighted by Gasteiger charge is -2.35. The van der Waals surface area contributed by atoms with Crippen LogP contribution in [0.1, 0.15) is 53.6 Å². The van der Waals surface area contributed by atoms with Gasteiger partial charge in [0.15, 0.2) is 11.5 Å². The molecule has 0 spiro atoms. The van der Waals surface area contributed by atoms with Gasteiger partial charge in [-0.25, -0.2) is 4.39 Å². The second-order valence-electron chi connectivity index (χ2n) is 11.4. The largest absolute Gasteiger partial charge is 0.456 e. The average Bonchev–Trinajstić information content (AvgIpc) is 3.43. The number of alkyl halides is 1. The van der Waals surface area contributed by atoms with Crippen molar-refractivity contribution in [3.05, 3.63) is 90.0 Å². The molecule has 2 aromatic carbocycles. The summed E-state index contributed by atoms with van der Waals surface area (Å²) < 4.78 is 20.1. The quantitative estimate of drug-likeness (QED) is 0.275. The normalized spacial score (nSPS) is 17.1. The minimum Gasteiger partial charge on any atom is -0.456 e. The van der Waals surface area contributed by atoms with Gasteiger partial charge in [-0.15, -0.1) is 10.2 Å². The summed E-state index contributed by atoms with van der Waals surface area (Å²) >= 11 is 0. The van der Waals surface area contributed by atoms with Gasteiger partial charge < -0.3 is 14.6 Å². The van der Waals surface area contributed by atoms with Gasteiger partial charge in [-0.1, -0.05) is 30.3 Å². The SMILES string of the molecule is Cc1nnn(C(c2ccccc2)C2CCN(C(=O)c3cc(-c4cc5cc(NC(=O)C6(F)CC6)ccc5o4)ccn3)CC2)n1. The number of nitrogens with zero attached hydrogens (tertiary/aromatic N) is 6. The van der Waals surface area contributed by atoms with E-state index in [-0.39, 0.29) is 30.7 Å². The number of anilines is 1. The minimum absolute atomic E-state index is 0.0604. The maximum atomic E-state index is 14.1. The van der Waals surface area contributed by atoms with E-state index >= 15 is 0 Å². The van der Waals surface area contributed by atoms with Crippen molar-refractivity contribution in [3.63, 3.8) is 0 Å². The molecule has 1 aliphatic carbocycles. The number of hydrogen-bond donors (Lipinski definition) is 1. The number of pyridine rings is 1. The topological polar surface area (TPSA) is 119 Å². The summed E-state index contributed by atoms with van der Waals surface area (Å²) in [5.41, 5.74) is 1.55. The molecular weight excluding hydrogens is 549 g/mol. The van der Waals surface area contributed by atoms with Gasteiger partial charge in [-0.05, 0) is 85.7 Å². The number of benzene rings is 2. The van der Waals surface area contributed by atoms with Crippen molar-refractivity contribution in [2.45, 2.75) is 44.3 Å². The molecule has 11 heteroatoms. The molecule has 4 heterocycles. The zero-order valence-electron chi connectivity index (χ0n) is 23.6. The number of nitrogens with one attached hydrogen (secondary N) is 1. The Morgan fingerprint density at radius 2 is 1.84 bits per heavy atom. The average molecular weight is 580 g/mol. The summed E-state index contributed by atoms with van der Waals surface area (Å²) in [6.45, 7) is 3.01. The maximum Gasteiger partial charge on any atom is 0.272 e. The van der Waals surface area contributed by atoms with Gasteiger partial charge in [0.2, 0.25) is 0 Å². The van der Waals surface area contributed by atoms with Crippen molar-refractivity contribution in [2.24, 2.45) is 5.92 Å². The van der Waals surface area contributed by atoms with Gasteiger partial charge in [0.1, 0.15) is 23.1 Å². The summed E-state index contributed by atoms with van der Waals surface area (Å²) in [6.07, 6.45) is 3.70. The van der Waals surface area contributed by atoms with Crippen LogP contribution < -0.4 is 5.32 Å². The molecule has 5 aromatic rings. The lowest BCUT2D eigenvalue weighted by Crippen LogP contribution is -2.41. The smallest absolute Gasteiger partial charge is 0.272 e. The number of piperidine rings is 1. The Labute approximate surface area is 246 Å². The van der Waals surface area contributed by atoms with Crippen LogP contribution in [0.15, 0.2) is 77.3 Å². The number of hydrogen-bond acceptors (Lipinski definition) is 7. The van der Waals surface area contributed by atoms with Crippen LogP contribution in [0.3, 0.4) is 0 Å². The third-order valence-electron chi connectivity index (χ3n) is 8.33. The Morgan fingerprint density at radius 3 is 2.56 bits per heavy atom. The molecule has 0 radical (unpaired) electrons. The molecule has 2 aliphatic rings. The number of furan rings is 1. The molecule has 1 saturated heterocycles. The van der Waals surface area contributed by atoms with Crippen molar-refractivity contribution in [3.8, 4) is 11.3 Å². The Balaban J connectivity index is 1.05. The minimum atomic E-state index is -1.75. The van der Waals surface area contributed by atoms with Gasteiger partial charge in [-0.3, -0.25) is 14.6 Å². The van der Waals surface area contributed by atoms with Crippen LogP contribution in [-0.2, 0) is 4.79 Å². The summed E-state index contributed by atoms with van der Waals surface area (Å²) in [5.74, 6) is 0.688. The van der Waals surface area contributed by atoms with Crippen molar-refractivity contribution in [1.29, 1.82) is 0 Å². The van der Waals surface area contributed by atoms with E-state index < -0.39 is 11.6 Å². The summed E-state index contributed by atoms with van der Waals surface area (Å²) in [6, 6.07) is 20.7. The number of aromatic nitrogens is 5. The molecule has 3 aromatic heterocycles. The van der Waals surface area contributed by atoms with Gasteiger partial charge in [0.25, 0.3) is 11.8 Å². The third kappa shape index (κ3) is 5.38. The van der Waals surface area contributed by atoms with E-state index in [0.717, 1.165) is 23.8 Å². The summed E-state index contributed by atoms with van der Waals surface area (Å²) in [5, 5.41) is 16.3.